The number of hydrogen-bond acceptors (Lipinski definition) is 3. The van der Waals surface area contributed by atoms with E-state index in [0.717, 1.165) is 35.7 Å². The number of amides is 2. The Morgan fingerprint density at radius 3 is 2.33 bits per heavy atom. The standard InChI is InChI=1S/C21H19F3N4O2/c22-21(23,24)16-7-9-17(10-8-16)27-20(30)19(29)26-11-4-13-28-14-12-25-18(28)15-5-2-1-3-6-15/h1-3,5-10,12,14H,4,11,13H2,(H,26,29)(H,27,30). The van der Waals surface area contributed by atoms with Crippen molar-refractivity contribution in [2.75, 3.05) is 11.9 Å². The molecule has 0 saturated heterocycles. The van der Waals surface area contributed by atoms with Gasteiger partial charge in [-0.1, -0.05) is 30.3 Å². The van der Waals surface area contributed by atoms with E-state index in [1.165, 1.54) is 0 Å². The lowest BCUT2D eigenvalue weighted by molar-refractivity contribution is -0.137. The van der Waals surface area contributed by atoms with E-state index in [0.29, 0.717) is 13.0 Å². The first-order valence-electron chi connectivity index (χ1n) is 9.17. The summed E-state index contributed by atoms with van der Waals surface area (Å²) in [6.45, 7) is 0.844. The molecule has 0 fully saturated rings. The molecule has 0 aliphatic rings. The molecular formula is C21H19F3N4O2. The Hall–Kier alpha value is -3.62. The van der Waals surface area contributed by atoms with Crippen molar-refractivity contribution in [1.29, 1.82) is 0 Å². The summed E-state index contributed by atoms with van der Waals surface area (Å²) >= 11 is 0. The lowest BCUT2D eigenvalue weighted by atomic mass is 10.2. The molecular weight excluding hydrogens is 397 g/mol. The molecule has 0 aliphatic carbocycles. The monoisotopic (exact) mass is 416 g/mol. The lowest BCUT2D eigenvalue weighted by Crippen LogP contribution is -2.36. The maximum absolute atomic E-state index is 12.5. The Morgan fingerprint density at radius 2 is 1.67 bits per heavy atom. The molecule has 0 bridgehead atoms. The molecule has 2 amide bonds. The molecule has 0 unspecified atom stereocenters. The Kier molecular flexibility index (Phi) is 6.51. The minimum atomic E-state index is -4.46. The number of nitrogens with one attached hydrogen (secondary N) is 2. The van der Waals surface area contributed by atoms with Crippen LogP contribution in [0.3, 0.4) is 0 Å². The quantitative estimate of drug-likeness (QED) is 0.475. The molecule has 30 heavy (non-hydrogen) atoms. The van der Waals surface area contributed by atoms with Crippen LogP contribution in [-0.2, 0) is 22.3 Å². The number of rotatable bonds is 6. The van der Waals surface area contributed by atoms with Gasteiger partial charge in [0.15, 0.2) is 0 Å². The number of anilines is 1. The summed E-state index contributed by atoms with van der Waals surface area (Å²) in [6.07, 6.45) is -0.370. The second-order valence-electron chi connectivity index (χ2n) is 6.45. The number of aromatic nitrogens is 2. The molecule has 156 valence electrons. The van der Waals surface area contributed by atoms with Gasteiger partial charge in [-0.05, 0) is 30.7 Å². The highest BCUT2D eigenvalue weighted by Crippen LogP contribution is 2.29. The van der Waals surface area contributed by atoms with Crippen molar-refractivity contribution in [2.45, 2.75) is 19.1 Å². The second-order valence-corrected chi connectivity index (χ2v) is 6.45. The van der Waals surface area contributed by atoms with Crippen LogP contribution in [0.1, 0.15) is 12.0 Å². The number of nitrogens with zero attached hydrogens (tertiary/aromatic N) is 2. The summed E-state index contributed by atoms with van der Waals surface area (Å²) in [7, 11) is 0. The molecule has 3 rings (SSSR count). The van der Waals surface area contributed by atoms with Crippen LogP contribution < -0.4 is 10.6 Å². The third kappa shape index (κ3) is 5.47. The summed E-state index contributed by atoms with van der Waals surface area (Å²) in [5.74, 6) is -0.992. The summed E-state index contributed by atoms with van der Waals surface area (Å²) < 4.78 is 39.6. The number of alkyl halides is 3. The number of halogens is 3. The number of carbonyl (C=O) groups excluding carboxylic acids is 2. The van der Waals surface area contributed by atoms with Crippen LogP contribution in [0.2, 0.25) is 0 Å². The zero-order chi connectivity index (χ0) is 21.6. The Labute approximate surface area is 170 Å². The molecule has 3 aromatic rings. The van der Waals surface area contributed by atoms with Crippen LogP contribution in [0.15, 0.2) is 67.0 Å². The van der Waals surface area contributed by atoms with Crippen molar-refractivity contribution in [3.63, 3.8) is 0 Å². The zero-order valence-electron chi connectivity index (χ0n) is 15.8. The molecule has 2 N–H and O–H groups in total. The van der Waals surface area contributed by atoms with Gasteiger partial charge in [-0.3, -0.25) is 9.59 Å². The molecule has 1 heterocycles. The predicted octanol–water partition coefficient (Wildman–Crippen LogP) is 3.71. The highest BCUT2D eigenvalue weighted by molar-refractivity contribution is 6.39. The smallest absolute Gasteiger partial charge is 0.348 e. The van der Waals surface area contributed by atoms with Crippen LogP contribution >= 0.6 is 0 Å². The fourth-order valence-electron chi connectivity index (χ4n) is 2.80. The SMILES string of the molecule is O=C(NCCCn1ccnc1-c1ccccc1)C(=O)Nc1ccc(C(F)(F)F)cc1. The van der Waals surface area contributed by atoms with Gasteiger partial charge in [-0.25, -0.2) is 4.98 Å². The van der Waals surface area contributed by atoms with E-state index >= 15 is 0 Å². The van der Waals surface area contributed by atoms with Crippen LogP contribution in [0.25, 0.3) is 11.4 Å². The Bertz CT molecular complexity index is 999. The van der Waals surface area contributed by atoms with Gasteiger partial charge in [-0.15, -0.1) is 0 Å². The van der Waals surface area contributed by atoms with Crippen LogP contribution in [0, 0.1) is 0 Å². The molecule has 1 aromatic heterocycles. The predicted molar refractivity (Wildman–Crippen MR) is 105 cm³/mol. The van der Waals surface area contributed by atoms with Crippen molar-refractivity contribution in [2.24, 2.45) is 0 Å². The zero-order valence-corrected chi connectivity index (χ0v) is 15.8. The van der Waals surface area contributed by atoms with E-state index in [4.69, 9.17) is 0 Å². The van der Waals surface area contributed by atoms with Gasteiger partial charge in [0.2, 0.25) is 0 Å². The van der Waals surface area contributed by atoms with Crippen molar-refractivity contribution >= 4 is 17.5 Å². The number of aryl methyl sites for hydroxylation is 1. The maximum atomic E-state index is 12.5. The van der Waals surface area contributed by atoms with Crippen LogP contribution in [-0.4, -0.2) is 27.9 Å². The highest BCUT2D eigenvalue weighted by atomic mass is 19.4. The van der Waals surface area contributed by atoms with Crippen molar-refractivity contribution in [3.8, 4) is 11.4 Å². The third-order valence-electron chi connectivity index (χ3n) is 4.29. The molecule has 0 atom stereocenters. The van der Waals surface area contributed by atoms with Gasteiger partial charge in [-0.2, -0.15) is 13.2 Å². The first-order chi connectivity index (χ1) is 14.3. The first kappa shape index (κ1) is 21.1. The lowest BCUT2D eigenvalue weighted by Gasteiger charge is -2.10. The van der Waals surface area contributed by atoms with E-state index in [1.54, 1.807) is 6.20 Å². The minimum Gasteiger partial charge on any atom is -0.348 e. The largest absolute Gasteiger partial charge is 0.416 e. The Morgan fingerprint density at radius 1 is 0.967 bits per heavy atom. The van der Waals surface area contributed by atoms with E-state index in [2.05, 4.69) is 15.6 Å². The molecule has 0 aliphatic heterocycles. The molecule has 0 radical (unpaired) electrons. The molecule has 6 nitrogen and oxygen atoms in total. The molecule has 2 aromatic carbocycles. The van der Waals surface area contributed by atoms with Gasteiger partial charge in [0.25, 0.3) is 0 Å². The van der Waals surface area contributed by atoms with Crippen molar-refractivity contribution < 1.29 is 22.8 Å². The summed E-state index contributed by atoms with van der Waals surface area (Å²) in [6, 6.07) is 13.5. The Balaban J connectivity index is 1.45. The average Bonchev–Trinajstić information content (AvgIpc) is 3.20. The summed E-state index contributed by atoms with van der Waals surface area (Å²) in [4.78, 5) is 28.1. The number of carbonyl (C=O) groups is 2. The highest BCUT2D eigenvalue weighted by Gasteiger charge is 2.30. The summed E-state index contributed by atoms with van der Waals surface area (Å²) in [5, 5.41) is 4.77. The van der Waals surface area contributed by atoms with E-state index in [9.17, 15) is 22.8 Å². The fraction of sp³-hybridized carbons (Fsp3) is 0.190. The molecule has 9 heteroatoms. The number of benzene rings is 2. The molecule has 0 spiro atoms. The fourth-order valence-corrected chi connectivity index (χ4v) is 2.80. The average molecular weight is 416 g/mol. The normalized spacial score (nSPS) is 11.2. The van der Waals surface area contributed by atoms with Gasteiger partial charge < -0.3 is 15.2 Å². The first-order valence-corrected chi connectivity index (χ1v) is 9.17. The second kappa shape index (κ2) is 9.25. The van der Waals surface area contributed by atoms with Gasteiger partial charge >= 0.3 is 18.0 Å². The van der Waals surface area contributed by atoms with E-state index < -0.39 is 23.6 Å². The number of hydrogen-bond donors (Lipinski definition) is 2. The van der Waals surface area contributed by atoms with Crippen molar-refractivity contribution in [3.05, 3.63) is 72.6 Å². The van der Waals surface area contributed by atoms with Gasteiger partial charge in [0.1, 0.15) is 5.82 Å². The molecule has 0 saturated carbocycles. The number of imidazole rings is 1. The van der Waals surface area contributed by atoms with Gasteiger partial charge in [0.05, 0.1) is 5.56 Å². The van der Waals surface area contributed by atoms with Gasteiger partial charge in [0, 0.05) is 36.7 Å². The minimum absolute atomic E-state index is 0.106. The van der Waals surface area contributed by atoms with Crippen LogP contribution in [0.4, 0.5) is 18.9 Å². The van der Waals surface area contributed by atoms with Crippen molar-refractivity contribution in [1.82, 2.24) is 14.9 Å². The van der Waals surface area contributed by atoms with Crippen LogP contribution in [0.5, 0.6) is 0 Å². The topological polar surface area (TPSA) is 76.0 Å². The maximum Gasteiger partial charge on any atom is 0.416 e. The third-order valence-corrected chi connectivity index (χ3v) is 4.29. The van der Waals surface area contributed by atoms with E-state index in [-0.39, 0.29) is 12.2 Å². The summed E-state index contributed by atoms with van der Waals surface area (Å²) in [5.41, 5.74) is 0.246. The van der Waals surface area contributed by atoms with E-state index in [1.807, 2.05) is 41.1 Å².